The monoisotopic (exact) mass is 450 g/mol. The van der Waals surface area contributed by atoms with Crippen LogP contribution in [0.1, 0.15) is 11.1 Å². The first-order valence-electron chi connectivity index (χ1n) is 7.97. The number of amidine groups is 1. The molecule has 0 aromatic heterocycles. The van der Waals surface area contributed by atoms with Gasteiger partial charge in [-0.15, -0.1) is 5.10 Å². The summed E-state index contributed by atoms with van der Waals surface area (Å²) in [5, 5.41) is 22.6. The third kappa shape index (κ3) is 5.14. The first kappa shape index (κ1) is 20.8. The van der Waals surface area contributed by atoms with Crippen molar-refractivity contribution in [2.24, 2.45) is 10.2 Å². The summed E-state index contributed by atoms with van der Waals surface area (Å²) in [5.41, 5.74) is 0.906. The Morgan fingerprint density at radius 1 is 1.21 bits per heavy atom. The van der Waals surface area contributed by atoms with Crippen LogP contribution in [0.25, 0.3) is 6.08 Å². The number of methoxy groups -OCH3 is 1. The molecule has 0 radical (unpaired) electrons. The number of carbonyl (C=O) groups excluding carboxylic acids is 1. The summed E-state index contributed by atoms with van der Waals surface area (Å²) in [5.74, 6) is -0.000626. The summed E-state index contributed by atoms with van der Waals surface area (Å²) in [6.07, 6.45) is 2.93. The van der Waals surface area contributed by atoms with Gasteiger partial charge >= 0.3 is 0 Å². The second-order valence-corrected chi connectivity index (χ2v) is 7.44. The van der Waals surface area contributed by atoms with Crippen LogP contribution in [0.2, 0.25) is 10.0 Å². The number of nitrogens with zero attached hydrogens (tertiary/aromatic N) is 3. The van der Waals surface area contributed by atoms with Crippen LogP contribution in [-0.2, 0) is 4.79 Å². The lowest BCUT2D eigenvalue weighted by atomic mass is 10.1. The first-order valence-corrected chi connectivity index (χ1v) is 9.54. The molecule has 1 saturated heterocycles. The van der Waals surface area contributed by atoms with Crippen LogP contribution in [-0.4, -0.2) is 29.3 Å². The van der Waals surface area contributed by atoms with Crippen molar-refractivity contribution in [3.63, 3.8) is 0 Å². The number of hydrogen-bond donors (Lipinski definition) is 1. The predicted molar refractivity (Wildman–Crippen MR) is 115 cm³/mol. The van der Waals surface area contributed by atoms with Crippen molar-refractivity contribution in [3.8, 4) is 5.75 Å². The highest BCUT2D eigenvalue weighted by molar-refractivity contribution is 8.18. The molecule has 0 atom stereocenters. The highest BCUT2D eigenvalue weighted by Gasteiger charge is 2.24. The van der Waals surface area contributed by atoms with Gasteiger partial charge in [-0.05, 0) is 36.0 Å². The number of halogens is 2. The van der Waals surface area contributed by atoms with Gasteiger partial charge in [0.1, 0.15) is 5.75 Å². The number of amides is 1. The number of benzene rings is 2. The molecule has 0 unspecified atom stereocenters. The molecule has 1 heterocycles. The van der Waals surface area contributed by atoms with E-state index in [-0.39, 0.29) is 10.9 Å². The van der Waals surface area contributed by atoms with E-state index >= 15 is 0 Å². The van der Waals surface area contributed by atoms with Gasteiger partial charge < -0.3 is 4.74 Å². The van der Waals surface area contributed by atoms with Crippen molar-refractivity contribution in [2.45, 2.75) is 0 Å². The fourth-order valence-corrected chi connectivity index (χ4v) is 3.54. The fourth-order valence-electron chi connectivity index (χ4n) is 2.31. The lowest BCUT2D eigenvalue weighted by molar-refractivity contribution is -0.384. The van der Waals surface area contributed by atoms with Crippen LogP contribution in [0.3, 0.4) is 0 Å². The Labute approximate surface area is 179 Å². The third-order valence-corrected chi connectivity index (χ3v) is 5.13. The van der Waals surface area contributed by atoms with Crippen molar-refractivity contribution in [1.29, 1.82) is 0 Å². The molecule has 2 aromatic rings. The number of thioether (sulfide) groups is 1. The van der Waals surface area contributed by atoms with Gasteiger partial charge in [0.05, 0.1) is 28.2 Å². The van der Waals surface area contributed by atoms with Crippen LogP contribution in [0.4, 0.5) is 5.69 Å². The zero-order valence-corrected chi connectivity index (χ0v) is 17.1. The lowest BCUT2D eigenvalue weighted by Crippen LogP contribution is -2.19. The van der Waals surface area contributed by atoms with Gasteiger partial charge in [0, 0.05) is 28.3 Å². The average molecular weight is 451 g/mol. The molecule has 0 spiro atoms. The maximum Gasteiger partial charge on any atom is 0.270 e. The Kier molecular flexibility index (Phi) is 6.53. The van der Waals surface area contributed by atoms with Crippen molar-refractivity contribution in [3.05, 3.63) is 72.6 Å². The maximum absolute atomic E-state index is 12.2. The fraction of sp³-hybridized carbons (Fsp3) is 0.0556. The number of hydrogen-bond acceptors (Lipinski definition) is 7. The summed E-state index contributed by atoms with van der Waals surface area (Å²) < 4.78 is 5.20. The molecule has 2 aromatic carbocycles. The number of nitro benzene ring substituents is 1. The van der Waals surface area contributed by atoms with Gasteiger partial charge in [0.2, 0.25) is 0 Å². The van der Waals surface area contributed by atoms with E-state index < -0.39 is 10.8 Å². The molecule has 3 rings (SSSR count). The van der Waals surface area contributed by atoms with Crippen molar-refractivity contribution >= 4 is 64.0 Å². The van der Waals surface area contributed by atoms with E-state index in [2.05, 4.69) is 15.5 Å². The van der Waals surface area contributed by atoms with E-state index in [0.717, 1.165) is 11.8 Å². The molecule has 1 N–H and O–H groups in total. The molecular weight excluding hydrogens is 439 g/mol. The van der Waals surface area contributed by atoms with Crippen molar-refractivity contribution in [1.82, 2.24) is 5.32 Å². The average Bonchev–Trinajstić information content (AvgIpc) is 3.02. The lowest BCUT2D eigenvalue weighted by Gasteiger charge is -2.04. The standard InChI is InChI=1S/C18H12Cl2N4O4S/c1-28-15-5-4-13(24(26)27)6-11(15)7-16-17(25)22-18(29-16)23-21-9-10-2-3-12(19)8-14(10)20/h2-9H,1H3,(H,22,23,25)/b16-7+,21-9?. The molecule has 29 heavy (non-hydrogen) atoms. The highest BCUT2D eigenvalue weighted by atomic mass is 35.5. The van der Waals surface area contributed by atoms with Crippen LogP contribution in [0, 0.1) is 10.1 Å². The Hall–Kier alpha value is -2.88. The second-order valence-electron chi connectivity index (χ2n) is 5.56. The van der Waals surface area contributed by atoms with Crippen LogP contribution in [0.5, 0.6) is 5.75 Å². The molecule has 0 saturated carbocycles. The van der Waals surface area contributed by atoms with E-state index in [9.17, 15) is 14.9 Å². The van der Waals surface area contributed by atoms with Crippen LogP contribution in [0.15, 0.2) is 51.5 Å². The van der Waals surface area contributed by atoms with E-state index in [1.54, 1.807) is 18.2 Å². The van der Waals surface area contributed by atoms with Gasteiger partial charge in [-0.25, -0.2) is 0 Å². The highest BCUT2D eigenvalue weighted by Crippen LogP contribution is 2.31. The minimum atomic E-state index is -0.521. The minimum Gasteiger partial charge on any atom is -0.496 e. The number of nitrogens with one attached hydrogen (secondary N) is 1. The van der Waals surface area contributed by atoms with Gasteiger partial charge in [-0.3, -0.25) is 20.2 Å². The second kappa shape index (κ2) is 9.08. The summed E-state index contributed by atoms with van der Waals surface area (Å²) in [6, 6.07) is 9.06. The maximum atomic E-state index is 12.2. The van der Waals surface area contributed by atoms with E-state index in [1.165, 1.54) is 37.6 Å². The molecule has 1 amide bonds. The Morgan fingerprint density at radius 2 is 2.00 bits per heavy atom. The van der Waals surface area contributed by atoms with Crippen molar-refractivity contribution < 1.29 is 14.5 Å². The number of carbonyl (C=O) groups is 1. The van der Waals surface area contributed by atoms with E-state index in [4.69, 9.17) is 27.9 Å². The van der Waals surface area contributed by atoms with Crippen molar-refractivity contribution in [2.75, 3.05) is 7.11 Å². The zero-order chi connectivity index (χ0) is 21.0. The molecule has 0 aliphatic carbocycles. The molecule has 11 heteroatoms. The van der Waals surface area contributed by atoms with Gasteiger partial charge in [-0.1, -0.05) is 29.3 Å². The SMILES string of the molecule is COc1ccc([N+](=O)[O-])cc1/C=C1/SC(=NN=Cc2ccc(Cl)cc2Cl)NC1=O. The molecule has 0 bridgehead atoms. The molecule has 1 aliphatic heterocycles. The van der Waals surface area contributed by atoms with E-state index in [1.807, 2.05) is 0 Å². The number of non-ortho nitro benzene ring substituents is 1. The Morgan fingerprint density at radius 3 is 2.69 bits per heavy atom. The number of rotatable bonds is 5. The van der Waals surface area contributed by atoms with Crippen LogP contribution < -0.4 is 10.1 Å². The summed E-state index contributed by atoms with van der Waals surface area (Å²) >= 11 is 12.9. The van der Waals surface area contributed by atoms with E-state index in [0.29, 0.717) is 31.8 Å². The zero-order valence-electron chi connectivity index (χ0n) is 14.8. The predicted octanol–water partition coefficient (Wildman–Crippen LogP) is 4.50. The topological polar surface area (TPSA) is 106 Å². The minimum absolute atomic E-state index is 0.112. The first-order chi connectivity index (χ1) is 13.9. The number of ether oxygens (including phenoxy) is 1. The quantitative estimate of drug-likeness (QED) is 0.312. The molecule has 1 fully saturated rings. The van der Waals surface area contributed by atoms with Gasteiger partial charge in [0.15, 0.2) is 5.17 Å². The molecule has 8 nitrogen and oxygen atoms in total. The summed E-state index contributed by atoms with van der Waals surface area (Å²) in [4.78, 5) is 23.0. The van der Waals surface area contributed by atoms with Gasteiger partial charge in [-0.2, -0.15) is 5.10 Å². The molecular formula is C18H12Cl2N4O4S. The normalized spacial score (nSPS) is 16.6. The smallest absolute Gasteiger partial charge is 0.270 e. The molecule has 1 aliphatic rings. The number of nitro groups is 1. The third-order valence-electron chi connectivity index (χ3n) is 3.67. The molecule has 148 valence electrons. The largest absolute Gasteiger partial charge is 0.496 e. The Bertz CT molecular complexity index is 1090. The van der Waals surface area contributed by atoms with Crippen LogP contribution >= 0.6 is 35.0 Å². The summed E-state index contributed by atoms with van der Waals surface area (Å²) in [6.45, 7) is 0. The Balaban J connectivity index is 1.81. The van der Waals surface area contributed by atoms with Gasteiger partial charge in [0.25, 0.3) is 11.6 Å². The summed E-state index contributed by atoms with van der Waals surface area (Å²) in [7, 11) is 1.44.